The van der Waals surface area contributed by atoms with Gasteiger partial charge in [0.15, 0.2) is 5.82 Å². The molecule has 1 unspecified atom stereocenters. The number of carbonyl (C=O) groups is 2. The van der Waals surface area contributed by atoms with Crippen molar-refractivity contribution in [2.45, 2.75) is 58.5 Å². The molecule has 3 heterocycles. The van der Waals surface area contributed by atoms with E-state index in [-0.39, 0.29) is 23.9 Å². The molecule has 0 radical (unpaired) electrons. The zero-order chi connectivity index (χ0) is 16.6. The molecule has 1 saturated heterocycles. The van der Waals surface area contributed by atoms with Gasteiger partial charge in [0.05, 0.1) is 6.04 Å². The standard InChI is InChI=1S/C15H21N5O3/c1-9(2)20-13(21)7-6-11(17-20)15(22)19-8-4-5-12(19)14-16-10(3)23-18-14/h9,12H,4-8H2,1-3H3. The predicted molar refractivity (Wildman–Crippen MR) is 81.4 cm³/mol. The molecule has 8 heteroatoms. The van der Waals surface area contributed by atoms with Crippen molar-refractivity contribution in [1.29, 1.82) is 0 Å². The van der Waals surface area contributed by atoms with Gasteiger partial charge < -0.3 is 9.42 Å². The third-order valence-corrected chi connectivity index (χ3v) is 4.15. The maximum absolute atomic E-state index is 12.8. The van der Waals surface area contributed by atoms with E-state index in [1.165, 1.54) is 5.01 Å². The van der Waals surface area contributed by atoms with E-state index in [1.54, 1.807) is 11.8 Å². The zero-order valence-corrected chi connectivity index (χ0v) is 13.7. The molecule has 1 aromatic rings. The number of amides is 2. The van der Waals surface area contributed by atoms with E-state index in [0.29, 0.717) is 36.8 Å². The van der Waals surface area contributed by atoms with E-state index in [2.05, 4.69) is 15.2 Å². The number of aryl methyl sites for hydroxylation is 1. The average molecular weight is 319 g/mol. The summed E-state index contributed by atoms with van der Waals surface area (Å²) in [5.41, 5.74) is 0.436. The largest absolute Gasteiger partial charge is 0.340 e. The van der Waals surface area contributed by atoms with E-state index in [4.69, 9.17) is 4.52 Å². The smallest absolute Gasteiger partial charge is 0.270 e. The maximum atomic E-state index is 12.8. The van der Waals surface area contributed by atoms with Crippen LogP contribution in [0, 0.1) is 6.92 Å². The van der Waals surface area contributed by atoms with Crippen molar-refractivity contribution in [3.63, 3.8) is 0 Å². The molecule has 0 aliphatic carbocycles. The summed E-state index contributed by atoms with van der Waals surface area (Å²) in [5.74, 6) is 0.865. The van der Waals surface area contributed by atoms with E-state index in [9.17, 15) is 9.59 Å². The van der Waals surface area contributed by atoms with Gasteiger partial charge in [-0.3, -0.25) is 9.59 Å². The Balaban J connectivity index is 1.81. The number of nitrogens with zero attached hydrogens (tertiary/aromatic N) is 5. The second-order valence-electron chi connectivity index (χ2n) is 6.21. The van der Waals surface area contributed by atoms with E-state index in [1.807, 2.05) is 13.8 Å². The lowest BCUT2D eigenvalue weighted by Crippen LogP contribution is -2.43. The van der Waals surface area contributed by atoms with Crippen LogP contribution in [0.4, 0.5) is 0 Å². The SMILES string of the molecule is Cc1nc(C2CCCN2C(=O)C2=NN(C(C)C)C(=O)CC2)no1. The number of hydrogen-bond acceptors (Lipinski definition) is 6. The van der Waals surface area contributed by atoms with Crippen LogP contribution >= 0.6 is 0 Å². The second-order valence-corrected chi connectivity index (χ2v) is 6.21. The summed E-state index contributed by atoms with van der Waals surface area (Å²) < 4.78 is 5.03. The molecule has 124 valence electrons. The van der Waals surface area contributed by atoms with Crippen molar-refractivity contribution in [2.24, 2.45) is 5.10 Å². The molecule has 2 aliphatic rings. The predicted octanol–water partition coefficient (Wildman–Crippen LogP) is 1.43. The number of carbonyl (C=O) groups excluding carboxylic acids is 2. The van der Waals surface area contributed by atoms with Gasteiger partial charge in [0.25, 0.3) is 5.91 Å². The first kappa shape index (κ1) is 15.6. The molecule has 3 rings (SSSR count). The highest BCUT2D eigenvalue weighted by molar-refractivity contribution is 6.39. The van der Waals surface area contributed by atoms with Gasteiger partial charge in [-0.05, 0) is 26.7 Å². The molecule has 0 aromatic carbocycles. The Kier molecular flexibility index (Phi) is 4.14. The number of likely N-dealkylation sites (tertiary alicyclic amines) is 1. The molecule has 23 heavy (non-hydrogen) atoms. The van der Waals surface area contributed by atoms with Crippen molar-refractivity contribution >= 4 is 17.5 Å². The van der Waals surface area contributed by atoms with Crippen LogP contribution in [-0.4, -0.2) is 50.2 Å². The van der Waals surface area contributed by atoms with E-state index in [0.717, 1.165) is 12.8 Å². The van der Waals surface area contributed by atoms with Gasteiger partial charge in [-0.15, -0.1) is 0 Å². The van der Waals surface area contributed by atoms with Crippen molar-refractivity contribution < 1.29 is 14.1 Å². The molecule has 1 atom stereocenters. The van der Waals surface area contributed by atoms with Gasteiger partial charge in [0.1, 0.15) is 5.71 Å². The minimum atomic E-state index is -0.173. The number of rotatable bonds is 3. The Morgan fingerprint density at radius 3 is 2.78 bits per heavy atom. The zero-order valence-electron chi connectivity index (χ0n) is 13.7. The minimum Gasteiger partial charge on any atom is -0.340 e. The first-order valence-electron chi connectivity index (χ1n) is 7.98. The normalized spacial score (nSPS) is 22.0. The third-order valence-electron chi connectivity index (χ3n) is 4.15. The van der Waals surface area contributed by atoms with Crippen molar-refractivity contribution in [3.05, 3.63) is 11.7 Å². The van der Waals surface area contributed by atoms with Gasteiger partial charge in [-0.2, -0.15) is 10.1 Å². The van der Waals surface area contributed by atoms with Crippen LogP contribution in [-0.2, 0) is 9.59 Å². The molecule has 0 N–H and O–H groups in total. The molecule has 0 spiro atoms. The van der Waals surface area contributed by atoms with Gasteiger partial charge >= 0.3 is 0 Å². The fraction of sp³-hybridized carbons (Fsp3) is 0.667. The quantitative estimate of drug-likeness (QED) is 0.840. The number of aromatic nitrogens is 2. The number of hydrazone groups is 1. The minimum absolute atomic E-state index is 0.0386. The Morgan fingerprint density at radius 1 is 1.35 bits per heavy atom. The second kappa shape index (κ2) is 6.10. The van der Waals surface area contributed by atoms with Crippen molar-refractivity contribution in [2.75, 3.05) is 6.54 Å². The molecule has 0 bridgehead atoms. The van der Waals surface area contributed by atoms with Crippen LogP contribution in [0.2, 0.25) is 0 Å². The first-order chi connectivity index (χ1) is 11.0. The van der Waals surface area contributed by atoms with Gasteiger partial charge in [0.2, 0.25) is 11.8 Å². The molecular formula is C15H21N5O3. The highest BCUT2D eigenvalue weighted by Crippen LogP contribution is 2.31. The molecule has 0 saturated carbocycles. The first-order valence-corrected chi connectivity index (χ1v) is 7.98. The lowest BCUT2D eigenvalue weighted by Gasteiger charge is -2.29. The molecule has 2 aliphatic heterocycles. The third kappa shape index (κ3) is 2.97. The lowest BCUT2D eigenvalue weighted by atomic mass is 10.1. The summed E-state index contributed by atoms with van der Waals surface area (Å²) in [7, 11) is 0. The van der Waals surface area contributed by atoms with Crippen LogP contribution in [0.1, 0.15) is 57.3 Å². The van der Waals surface area contributed by atoms with Gasteiger partial charge in [-0.25, -0.2) is 5.01 Å². The fourth-order valence-corrected chi connectivity index (χ4v) is 3.02. The molecule has 8 nitrogen and oxygen atoms in total. The van der Waals surface area contributed by atoms with Crippen LogP contribution in [0.3, 0.4) is 0 Å². The fourth-order valence-electron chi connectivity index (χ4n) is 3.02. The molecule has 1 fully saturated rings. The van der Waals surface area contributed by atoms with E-state index < -0.39 is 0 Å². The summed E-state index contributed by atoms with van der Waals surface area (Å²) in [6, 6.07) is -0.229. The average Bonchev–Trinajstić information content (AvgIpc) is 3.15. The Bertz CT molecular complexity index is 651. The summed E-state index contributed by atoms with van der Waals surface area (Å²) >= 11 is 0. The Hall–Kier alpha value is -2.25. The summed E-state index contributed by atoms with van der Waals surface area (Å²) in [4.78, 5) is 30.7. The van der Waals surface area contributed by atoms with Crippen molar-refractivity contribution in [1.82, 2.24) is 20.0 Å². The maximum Gasteiger partial charge on any atom is 0.270 e. The summed E-state index contributed by atoms with van der Waals surface area (Å²) in [5, 5.41) is 9.63. The van der Waals surface area contributed by atoms with Gasteiger partial charge in [0, 0.05) is 32.4 Å². The topological polar surface area (TPSA) is 91.9 Å². The Morgan fingerprint density at radius 2 is 2.13 bits per heavy atom. The molecule has 1 aromatic heterocycles. The summed E-state index contributed by atoms with van der Waals surface area (Å²) in [6.45, 7) is 6.14. The molecule has 2 amide bonds. The monoisotopic (exact) mass is 319 g/mol. The van der Waals surface area contributed by atoms with Gasteiger partial charge in [-0.1, -0.05) is 5.16 Å². The van der Waals surface area contributed by atoms with Crippen LogP contribution in [0.5, 0.6) is 0 Å². The molecular weight excluding hydrogens is 298 g/mol. The van der Waals surface area contributed by atoms with Crippen LogP contribution < -0.4 is 0 Å². The highest BCUT2D eigenvalue weighted by atomic mass is 16.5. The number of hydrogen-bond donors (Lipinski definition) is 0. The summed E-state index contributed by atoms with van der Waals surface area (Å²) in [6.07, 6.45) is 2.41. The lowest BCUT2D eigenvalue weighted by molar-refractivity contribution is -0.133. The van der Waals surface area contributed by atoms with E-state index >= 15 is 0 Å². The van der Waals surface area contributed by atoms with Crippen LogP contribution in [0.15, 0.2) is 9.62 Å². The highest BCUT2D eigenvalue weighted by Gasteiger charge is 2.37. The Labute approximate surface area is 134 Å². The van der Waals surface area contributed by atoms with Crippen molar-refractivity contribution in [3.8, 4) is 0 Å². The van der Waals surface area contributed by atoms with Crippen LogP contribution in [0.25, 0.3) is 0 Å².